The lowest BCUT2D eigenvalue weighted by molar-refractivity contribution is -0.362. The van der Waals surface area contributed by atoms with Crippen molar-refractivity contribution in [2.45, 2.75) is 112 Å². The summed E-state index contributed by atoms with van der Waals surface area (Å²) in [7, 11) is 0. The highest BCUT2D eigenvalue weighted by molar-refractivity contribution is 7.99. The molecule has 11 nitrogen and oxygen atoms in total. The summed E-state index contributed by atoms with van der Waals surface area (Å²) in [6, 6.07) is 78.2. The molecule has 0 bridgehead atoms. The van der Waals surface area contributed by atoms with Crippen LogP contribution in [0.1, 0.15) is 49.3 Å². The Morgan fingerprint density at radius 3 is 1.04 bits per heavy atom. The first-order valence-corrected chi connectivity index (χ1v) is 28.8. The highest BCUT2D eigenvalue weighted by atomic mass is 32.2. The van der Waals surface area contributed by atoms with E-state index in [-0.39, 0.29) is 46.2 Å². The largest absolute Gasteiger partial charge is 0.374 e. The summed E-state index contributed by atoms with van der Waals surface area (Å²) in [5, 5.41) is 0. The fraction of sp³-hybridized carbons (Fsp3) is 0.290. The molecule has 0 aliphatic carbocycles. The molecule has 2 saturated heterocycles. The van der Waals surface area contributed by atoms with Crippen LogP contribution >= 0.6 is 11.8 Å². The molecule has 81 heavy (non-hydrogen) atoms. The third-order valence-corrected chi connectivity index (χ3v) is 15.4. The second-order valence-corrected chi connectivity index (χ2v) is 21.3. The quantitative estimate of drug-likeness (QED) is 0.0329. The molecule has 2 aliphatic heterocycles. The fourth-order valence-electron chi connectivity index (χ4n) is 10.0. The zero-order valence-electron chi connectivity index (χ0n) is 45.3. The number of hydrogen-bond acceptors (Lipinski definition) is 12. The van der Waals surface area contributed by atoms with E-state index in [0.717, 1.165) is 50.1 Å². The Morgan fingerprint density at radius 1 is 0.333 bits per heavy atom. The zero-order chi connectivity index (χ0) is 55.1. The average Bonchev–Trinajstić information content (AvgIpc) is 3.63. The van der Waals surface area contributed by atoms with Crippen molar-refractivity contribution in [2.75, 3.05) is 19.0 Å². The van der Waals surface area contributed by atoms with Gasteiger partial charge in [0.1, 0.15) is 55.1 Å². The molecule has 8 aromatic rings. The van der Waals surface area contributed by atoms with Crippen LogP contribution in [0.4, 0.5) is 0 Å². The number of benzene rings is 8. The van der Waals surface area contributed by atoms with Gasteiger partial charge in [0, 0.05) is 16.2 Å². The SMILES string of the molecule is O=Cc1ccc(SCC2OC(COCc3ccccc3)[C@H](OC3OC(COCc4ccccc4)[C@H](OCc4ccccc4)[C@H](OCc4ccccc4)[C@H]3OCc3ccccc3)[C@H](OCc3ccccc3)[C@H]2OCc2ccccc2)cc1. The molecule has 2 aliphatic rings. The standard InChI is InChI=1S/C69H70O11S/c70-40-51-36-38-59(39-37-51)81-50-62-64(74-44-55-28-14-4-15-29-55)66(75-45-56-30-16-5-17-31-56)65(61(78-62)49-72-42-53-24-10-2-11-25-53)80-69-68(77-47-58-34-20-7-21-35-58)67(76-46-57-32-18-6-19-33-57)63(73-43-54-26-12-3-13-27-54)60(79-69)48-71-41-52-22-8-1-9-23-52/h1-40,60-69H,41-50H2/t60?,61?,62?,63-,64-,65-,66+,67-,68+,69?/m0/s1. The summed E-state index contributed by atoms with van der Waals surface area (Å²) < 4.78 is 71.4. The van der Waals surface area contributed by atoms with Gasteiger partial charge >= 0.3 is 0 Å². The van der Waals surface area contributed by atoms with Crippen LogP contribution < -0.4 is 0 Å². The second-order valence-electron chi connectivity index (χ2n) is 20.2. The maximum atomic E-state index is 11.7. The van der Waals surface area contributed by atoms with Crippen molar-refractivity contribution in [2.24, 2.45) is 0 Å². The number of carbonyl (C=O) groups is 1. The van der Waals surface area contributed by atoms with Gasteiger partial charge in [-0.05, 0) is 51.1 Å². The van der Waals surface area contributed by atoms with Gasteiger partial charge in [-0.25, -0.2) is 0 Å². The van der Waals surface area contributed by atoms with Crippen molar-refractivity contribution >= 4 is 18.0 Å². The van der Waals surface area contributed by atoms with E-state index in [9.17, 15) is 4.79 Å². The van der Waals surface area contributed by atoms with E-state index in [1.165, 1.54) is 0 Å². The molecule has 12 heteroatoms. The van der Waals surface area contributed by atoms with Gasteiger partial charge in [-0.1, -0.05) is 224 Å². The molecule has 418 valence electrons. The molecule has 0 N–H and O–H groups in total. The fourth-order valence-corrected chi connectivity index (χ4v) is 11.0. The van der Waals surface area contributed by atoms with E-state index in [0.29, 0.717) is 24.5 Å². The molecule has 10 atom stereocenters. The van der Waals surface area contributed by atoms with Gasteiger partial charge in [0.25, 0.3) is 0 Å². The maximum Gasteiger partial charge on any atom is 0.187 e. The minimum atomic E-state index is -1.11. The van der Waals surface area contributed by atoms with Crippen LogP contribution in [-0.2, 0) is 93.6 Å². The van der Waals surface area contributed by atoms with Crippen molar-refractivity contribution in [1.29, 1.82) is 0 Å². The normalized spacial score (nSPS) is 22.7. The van der Waals surface area contributed by atoms with Crippen LogP contribution in [0.5, 0.6) is 0 Å². The van der Waals surface area contributed by atoms with Crippen LogP contribution in [0.15, 0.2) is 241 Å². The molecule has 2 fully saturated rings. The third-order valence-electron chi connectivity index (χ3n) is 14.3. The first-order valence-electron chi connectivity index (χ1n) is 27.8. The van der Waals surface area contributed by atoms with Crippen molar-refractivity contribution in [3.8, 4) is 0 Å². The molecule has 0 spiro atoms. The predicted molar refractivity (Wildman–Crippen MR) is 312 cm³/mol. The summed E-state index contributed by atoms with van der Waals surface area (Å²) in [6.07, 6.45) is -6.92. The Hall–Kier alpha value is -6.62. The van der Waals surface area contributed by atoms with E-state index in [1.807, 2.05) is 237 Å². The van der Waals surface area contributed by atoms with E-state index >= 15 is 0 Å². The number of aldehydes is 1. The zero-order valence-corrected chi connectivity index (χ0v) is 46.2. The number of thioether (sulfide) groups is 1. The van der Waals surface area contributed by atoms with Crippen molar-refractivity contribution in [3.05, 3.63) is 281 Å². The van der Waals surface area contributed by atoms with Gasteiger partial charge in [-0.15, -0.1) is 11.8 Å². The van der Waals surface area contributed by atoms with Gasteiger partial charge in [-0.3, -0.25) is 4.79 Å². The van der Waals surface area contributed by atoms with Crippen LogP contribution in [0, 0.1) is 0 Å². The summed E-state index contributed by atoms with van der Waals surface area (Å²) in [4.78, 5) is 12.6. The Labute approximate surface area is 480 Å². The maximum absolute atomic E-state index is 11.7. The van der Waals surface area contributed by atoms with Crippen LogP contribution in [0.2, 0.25) is 0 Å². The summed E-state index contributed by atoms with van der Waals surface area (Å²) in [5.41, 5.74) is 7.54. The molecule has 4 unspecified atom stereocenters. The van der Waals surface area contributed by atoms with Crippen LogP contribution in [0.3, 0.4) is 0 Å². The molecule has 8 aromatic carbocycles. The van der Waals surface area contributed by atoms with E-state index in [4.69, 9.17) is 47.4 Å². The molecule has 0 amide bonds. The summed E-state index contributed by atoms with van der Waals surface area (Å²) in [5.74, 6) is 0.479. The monoisotopic (exact) mass is 1110 g/mol. The van der Waals surface area contributed by atoms with Gasteiger partial charge in [0.15, 0.2) is 6.29 Å². The van der Waals surface area contributed by atoms with E-state index in [2.05, 4.69) is 0 Å². The number of ether oxygens (including phenoxy) is 10. The lowest BCUT2D eigenvalue weighted by Gasteiger charge is -2.50. The molecule has 10 rings (SSSR count). The summed E-state index contributed by atoms with van der Waals surface area (Å²) in [6.45, 7) is 2.21. The molecular formula is C69H70O11S. The van der Waals surface area contributed by atoms with Crippen molar-refractivity contribution < 1.29 is 52.2 Å². The molecule has 0 saturated carbocycles. The van der Waals surface area contributed by atoms with Gasteiger partial charge in [0.05, 0.1) is 65.6 Å². The number of hydrogen-bond donors (Lipinski definition) is 0. The van der Waals surface area contributed by atoms with Crippen LogP contribution in [-0.4, -0.2) is 86.5 Å². The molecule has 2 heterocycles. The van der Waals surface area contributed by atoms with E-state index < -0.39 is 61.2 Å². The molecular weight excluding hydrogens is 1040 g/mol. The Bertz CT molecular complexity index is 3000. The lowest BCUT2D eigenvalue weighted by atomic mass is 9.93. The van der Waals surface area contributed by atoms with E-state index in [1.54, 1.807) is 11.8 Å². The minimum absolute atomic E-state index is 0.133. The predicted octanol–water partition coefficient (Wildman–Crippen LogP) is 12.8. The summed E-state index contributed by atoms with van der Waals surface area (Å²) >= 11 is 1.62. The molecule has 0 radical (unpaired) electrons. The van der Waals surface area contributed by atoms with Crippen molar-refractivity contribution in [3.63, 3.8) is 0 Å². The smallest absolute Gasteiger partial charge is 0.187 e. The Morgan fingerprint density at radius 2 is 0.654 bits per heavy atom. The number of rotatable bonds is 29. The van der Waals surface area contributed by atoms with Gasteiger partial charge in [-0.2, -0.15) is 0 Å². The Balaban J connectivity index is 1.06. The average molecular weight is 1110 g/mol. The number of carbonyl (C=O) groups excluding carboxylic acids is 1. The topological polar surface area (TPSA) is 109 Å². The third kappa shape index (κ3) is 17.2. The first-order chi connectivity index (χ1) is 40.1. The van der Waals surface area contributed by atoms with Gasteiger partial charge < -0.3 is 47.4 Å². The van der Waals surface area contributed by atoms with Crippen LogP contribution in [0.25, 0.3) is 0 Å². The van der Waals surface area contributed by atoms with Crippen molar-refractivity contribution in [1.82, 2.24) is 0 Å². The molecule has 0 aromatic heterocycles. The highest BCUT2D eigenvalue weighted by Gasteiger charge is 2.54. The lowest BCUT2D eigenvalue weighted by Crippen LogP contribution is -2.66. The van der Waals surface area contributed by atoms with Gasteiger partial charge in [0.2, 0.25) is 0 Å². The highest BCUT2D eigenvalue weighted by Crippen LogP contribution is 2.38. The minimum Gasteiger partial charge on any atom is -0.374 e. The first kappa shape index (κ1) is 57.6. The Kier molecular flexibility index (Phi) is 22.0. The second kappa shape index (κ2) is 31.0.